The molecule has 2 heterocycles. The Balaban J connectivity index is 1.46. The van der Waals surface area contributed by atoms with Gasteiger partial charge in [0.2, 0.25) is 0 Å². The minimum atomic E-state index is 0.0720. The largest absolute Gasteiger partial charge is 0.347 e. The molecule has 1 saturated carbocycles. The molecule has 2 aromatic rings. The van der Waals surface area contributed by atoms with Crippen LogP contribution < -0.4 is 10.6 Å². The van der Waals surface area contributed by atoms with Gasteiger partial charge in [0, 0.05) is 17.0 Å². The molecule has 1 saturated heterocycles. The van der Waals surface area contributed by atoms with Crippen LogP contribution in [0.15, 0.2) is 36.4 Å². The van der Waals surface area contributed by atoms with Crippen molar-refractivity contribution in [2.75, 3.05) is 6.54 Å². The van der Waals surface area contributed by atoms with Gasteiger partial charge in [0.15, 0.2) is 0 Å². The minimum Gasteiger partial charge on any atom is -0.347 e. The summed E-state index contributed by atoms with van der Waals surface area (Å²) in [6.07, 6.45) is 2.34. The van der Waals surface area contributed by atoms with Crippen LogP contribution in [0, 0.1) is 12.8 Å². The first kappa shape index (κ1) is 14.0. The highest BCUT2D eigenvalue weighted by atomic mass is 32.1. The van der Waals surface area contributed by atoms with Crippen LogP contribution >= 0.6 is 11.3 Å². The fourth-order valence-electron chi connectivity index (χ4n) is 3.59. The number of thiophene rings is 1. The minimum absolute atomic E-state index is 0.0720. The lowest BCUT2D eigenvalue weighted by atomic mass is 10.1. The summed E-state index contributed by atoms with van der Waals surface area (Å²) < 4.78 is 0. The molecule has 1 amide bonds. The Kier molecular flexibility index (Phi) is 3.51. The van der Waals surface area contributed by atoms with E-state index in [0.29, 0.717) is 12.1 Å². The van der Waals surface area contributed by atoms with E-state index in [1.165, 1.54) is 17.5 Å². The molecule has 114 valence electrons. The van der Waals surface area contributed by atoms with Gasteiger partial charge in [-0.1, -0.05) is 29.8 Å². The number of rotatable bonds is 3. The molecule has 3 atom stereocenters. The second kappa shape index (κ2) is 5.52. The molecule has 1 aliphatic heterocycles. The third-order valence-electron chi connectivity index (χ3n) is 4.81. The summed E-state index contributed by atoms with van der Waals surface area (Å²) in [6.45, 7) is 3.20. The summed E-state index contributed by atoms with van der Waals surface area (Å²) >= 11 is 1.57. The monoisotopic (exact) mass is 312 g/mol. The number of aryl methyl sites for hydroxylation is 1. The summed E-state index contributed by atoms with van der Waals surface area (Å²) in [6, 6.07) is 13.2. The van der Waals surface area contributed by atoms with Crippen LogP contribution in [-0.2, 0) is 0 Å². The van der Waals surface area contributed by atoms with Crippen molar-refractivity contribution in [2.45, 2.75) is 31.8 Å². The quantitative estimate of drug-likeness (QED) is 0.914. The molecule has 3 unspecified atom stereocenters. The van der Waals surface area contributed by atoms with Crippen molar-refractivity contribution in [1.82, 2.24) is 10.6 Å². The molecular formula is C18H20N2OS. The zero-order valence-electron chi connectivity index (χ0n) is 12.6. The third-order valence-corrected chi connectivity index (χ3v) is 5.94. The highest BCUT2D eigenvalue weighted by molar-refractivity contribution is 7.17. The summed E-state index contributed by atoms with van der Waals surface area (Å²) in [5.74, 6) is 0.824. The average Bonchev–Trinajstić information content (AvgIpc) is 3.24. The second-order valence-corrected chi connectivity index (χ2v) is 7.55. The maximum absolute atomic E-state index is 12.4. The highest BCUT2D eigenvalue weighted by Gasteiger charge is 2.40. The van der Waals surface area contributed by atoms with E-state index in [2.05, 4.69) is 41.8 Å². The molecule has 0 spiro atoms. The van der Waals surface area contributed by atoms with Gasteiger partial charge in [-0.25, -0.2) is 0 Å². The van der Waals surface area contributed by atoms with E-state index in [1.54, 1.807) is 11.3 Å². The van der Waals surface area contributed by atoms with Gasteiger partial charge in [-0.2, -0.15) is 0 Å². The predicted molar refractivity (Wildman–Crippen MR) is 90.3 cm³/mol. The Morgan fingerprint density at radius 2 is 2.00 bits per heavy atom. The van der Waals surface area contributed by atoms with Gasteiger partial charge in [-0.05, 0) is 49.9 Å². The highest BCUT2D eigenvalue weighted by Crippen LogP contribution is 2.32. The van der Waals surface area contributed by atoms with Crippen molar-refractivity contribution in [3.63, 3.8) is 0 Å². The van der Waals surface area contributed by atoms with Gasteiger partial charge in [-0.15, -0.1) is 11.3 Å². The summed E-state index contributed by atoms with van der Waals surface area (Å²) in [5.41, 5.74) is 2.43. The standard InChI is InChI=1S/C18H20N2OS/c1-11-2-4-13(5-3-11)16-6-7-17(22-16)18(21)20-15-9-12-8-14(15)19-10-12/h2-7,12,14-15,19H,8-10H2,1H3,(H,20,21). The van der Waals surface area contributed by atoms with E-state index < -0.39 is 0 Å². The summed E-state index contributed by atoms with van der Waals surface area (Å²) in [4.78, 5) is 14.4. The Morgan fingerprint density at radius 3 is 2.68 bits per heavy atom. The maximum Gasteiger partial charge on any atom is 0.261 e. The SMILES string of the molecule is Cc1ccc(-c2ccc(C(=O)NC3CC4CNC3C4)s2)cc1. The van der Waals surface area contributed by atoms with E-state index in [4.69, 9.17) is 0 Å². The zero-order valence-corrected chi connectivity index (χ0v) is 13.5. The first-order valence-corrected chi connectivity index (χ1v) is 8.72. The van der Waals surface area contributed by atoms with Crippen molar-refractivity contribution < 1.29 is 4.79 Å². The van der Waals surface area contributed by atoms with Crippen LogP contribution in [-0.4, -0.2) is 24.5 Å². The smallest absolute Gasteiger partial charge is 0.261 e. The molecular weight excluding hydrogens is 292 g/mol. The average molecular weight is 312 g/mol. The van der Waals surface area contributed by atoms with Gasteiger partial charge >= 0.3 is 0 Å². The van der Waals surface area contributed by atoms with Crippen LogP contribution in [0.4, 0.5) is 0 Å². The van der Waals surface area contributed by atoms with Gasteiger partial charge in [0.1, 0.15) is 0 Å². The topological polar surface area (TPSA) is 41.1 Å². The van der Waals surface area contributed by atoms with Gasteiger partial charge in [-0.3, -0.25) is 4.79 Å². The number of carbonyl (C=O) groups excluding carboxylic acids is 1. The Hall–Kier alpha value is -1.65. The molecule has 2 fully saturated rings. The van der Waals surface area contributed by atoms with Gasteiger partial charge < -0.3 is 10.6 Å². The molecule has 2 N–H and O–H groups in total. The Labute approximate surface area is 134 Å². The Bertz CT molecular complexity index is 691. The first-order valence-electron chi connectivity index (χ1n) is 7.90. The molecule has 1 aromatic heterocycles. The van der Waals surface area contributed by atoms with Crippen molar-refractivity contribution in [3.8, 4) is 10.4 Å². The number of piperidine rings is 1. The molecule has 1 aromatic carbocycles. The number of nitrogens with one attached hydrogen (secondary N) is 2. The number of fused-ring (bicyclic) bond motifs is 2. The van der Waals surface area contributed by atoms with E-state index >= 15 is 0 Å². The van der Waals surface area contributed by atoms with Crippen molar-refractivity contribution >= 4 is 17.2 Å². The van der Waals surface area contributed by atoms with E-state index in [1.807, 2.05) is 12.1 Å². The van der Waals surface area contributed by atoms with Gasteiger partial charge in [0.05, 0.1) is 4.88 Å². The van der Waals surface area contributed by atoms with Crippen LogP contribution in [0.1, 0.15) is 28.1 Å². The molecule has 2 aliphatic rings. The number of amides is 1. The van der Waals surface area contributed by atoms with Gasteiger partial charge in [0.25, 0.3) is 5.91 Å². The number of hydrogen-bond acceptors (Lipinski definition) is 3. The van der Waals surface area contributed by atoms with Crippen LogP contribution in [0.25, 0.3) is 10.4 Å². The lowest BCUT2D eigenvalue weighted by molar-refractivity contribution is 0.0932. The summed E-state index contributed by atoms with van der Waals surface area (Å²) in [7, 11) is 0. The molecule has 4 rings (SSSR count). The Morgan fingerprint density at radius 1 is 1.18 bits per heavy atom. The molecule has 1 aliphatic carbocycles. The fourth-order valence-corrected chi connectivity index (χ4v) is 4.50. The van der Waals surface area contributed by atoms with Crippen LogP contribution in [0.3, 0.4) is 0 Å². The van der Waals surface area contributed by atoms with Crippen molar-refractivity contribution in [2.24, 2.45) is 5.92 Å². The summed E-state index contributed by atoms with van der Waals surface area (Å²) in [5, 5.41) is 6.70. The number of hydrogen-bond donors (Lipinski definition) is 2. The number of carbonyl (C=O) groups is 1. The second-order valence-electron chi connectivity index (χ2n) is 6.46. The molecule has 4 heteroatoms. The van der Waals surface area contributed by atoms with Crippen molar-refractivity contribution in [1.29, 1.82) is 0 Å². The van der Waals surface area contributed by atoms with Crippen molar-refractivity contribution in [3.05, 3.63) is 46.8 Å². The van der Waals surface area contributed by atoms with E-state index in [0.717, 1.165) is 28.6 Å². The third kappa shape index (κ3) is 2.57. The van der Waals surface area contributed by atoms with Crippen LogP contribution in [0.5, 0.6) is 0 Å². The first-order chi connectivity index (χ1) is 10.7. The predicted octanol–water partition coefficient (Wildman–Crippen LogP) is 3.20. The van der Waals surface area contributed by atoms with E-state index in [-0.39, 0.29) is 5.91 Å². The van der Waals surface area contributed by atoms with E-state index in [9.17, 15) is 4.79 Å². The normalized spacial score (nSPS) is 26.3. The lowest BCUT2D eigenvalue weighted by Gasteiger charge is -2.23. The molecule has 3 nitrogen and oxygen atoms in total. The fraction of sp³-hybridized carbons (Fsp3) is 0.389. The zero-order chi connectivity index (χ0) is 15.1. The number of benzene rings is 1. The maximum atomic E-state index is 12.4. The molecule has 22 heavy (non-hydrogen) atoms. The lowest BCUT2D eigenvalue weighted by Crippen LogP contribution is -2.47. The molecule has 2 bridgehead atoms. The van der Waals surface area contributed by atoms with Crippen LogP contribution in [0.2, 0.25) is 0 Å². The molecule has 0 radical (unpaired) electrons.